The van der Waals surface area contributed by atoms with E-state index in [1.165, 1.54) is 6.92 Å². The van der Waals surface area contributed by atoms with Gasteiger partial charge in [0.2, 0.25) is 11.8 Å². The quantitative estimate of drug-likeness (QED) is 0.0969. The van der Waals surface area contributed by atoms with Crippen LogP contribution in [0.15, 0.2) is 0 Å². The Kier molecular flexibility index (Phi) is 15.7. The molecular formula is C34H56N2O24. The zero-order valence-corrected chi connectivity index (χ0v) is 32.5. The first-order valence-corrected chi connectivity index (χ1v) is 19.4. The highest BCUT2D eigenvalue weighted by Gasteiger charge is 2.59. The van der Waals surface area contributed by atoms with E-state index in [4.69, 9.17) is 47.4 Å². The van der Waals surface area contributed by atoms with Gasteiger partial charge in [0.05, 0.1) is 32.5 Å². The summed E-state index contributed by atoms with van der Waals surface area (Å²) in [6.45, 7) is 0.147. The molecule has 25 atom stereocenters. The van der Waals surface area contributed by atoms with Crippen molar-refractivity contribution in [2.75, 3.05) is 26.4 Å². The first kappa shape index (κ1) is 47.5. The second kappa shape index (κ2) is 19.8. The van der Waals surface area contributed by atoms with Crippen molar-refractivity contribution >= 4 is 11.8 Å². The van der Waals surface area contributed by atoms with Crippen LogP contribution < -0.4 is 10.6 Å². The summed E-state index contributed by atoms with van der Waals surface area (Å²) in [4.78, 5) is 25.4. The molecule has 60 heavy (non-hydrogen) atoms. The minimum atomic E-state index is -2.09. The molecule has 26 nitrogen and oxygen atoms in total. The van der Waals surface area contributed by atoms with Gasteiger partial charge in [-0.05, 0) is 6.92 Å². The van der Waals surface area contributed by atoms with E-state index in [1.807, 2.05) is 0 Å². The molecule has 346 valence electrons. The average molecular weight is 877 g/mol. The van der Waals surface area contributed by atoms with Crippen LogP contribution in [-0.2, 0) is 57.0 Å². The lowest BCUT2D eigenvalue weighted by Gasteiger charge is -2.50. The molecule has 0 radical (unpaired) electrons. The lowest BCUT2D eigenvalue weighted by molar-refractivity contribution is -0.389. The molecule has 7 heterocycles. The highest BCUT2D eigenvalue weighted by Crippen LogP contribution is 2.38. The van der Waals surface area contributed by atoms with Crippen molar-refractivity contribution in [2.45, 2.75) is 174 Å². The van der Waals surface area contributed by atoms with E-state index < -0.39 is 192 Å². The first-order chi connectivity index (χ1) is 28.4. The fraction of sp³-hybridized carbons (Fsp3) is 0.941. The molecule has 0 aliphatic carbocycles. The number of nitrogens with one attached hydrogen (secondary N) is 2. The van der Waals surface area contributed by atoms with Crippen molar-refractivity contribution in [2.24, 2.45) is 0 Å². The van der Waals surface area contributed by atoms with Crippen LogP contribution in [0, 0.1) is 0 Å². The average Bonchev–Trinajstić information content (AvgIpc) is 3.21. The van der Waals surface area contributed by atoms with E-state index in [-0.39, 0.29) is 0 Å². The third-order valence-corrected chi connectivity index (χ3v) is 11.3. The van der Waals surface area contributed by atoms with Crippen molar-refractivity contribution < 1.29 is 118 Å². The Bertz CT molecular complexity index is 1440. The van der Waals surface area contributed by atoms with E-state index >= 15 is 0 Å². The Balaban J connectivity index is 1.49. The number of rotatable bonds is 10. The first-order valence-electron chi connectivity index (χ1n) is 19.4. The maximum atomic E-state index is 12.8. The molecule has 6 bridgehead atoms. The monoisotopic (exact) mass is 876 g/mol. The van der Waals surface area contributed by atoms with Gasteiger partial charge < -0.3 is 119 Å². The summed E-state index contributed by atoms with van der Waals surface area (Å²) in [7, 11) is 0. The third-order valence-electron chi connectivity index (χ3n) is 11.3. The van der Waals surface area contributed by atoms with Crippen molar-refractivity contribution in [3.8, 4) is 0 Å². The van der Waals surface area contributed by atoms with Gasteiger partial charge in [-0.3, -0.25) is 9.59 Å². The molecule has 7 rings (SSSR count). The topological polar surface area (TPSA) is 393 Å². The van der Waals surface area contributed by atoms with Gasteiger partial charge in [-0.2, -0.15) is 0 Å². The molecule has 0 saturated carbocycles. The number of ether oxygens (including phenoxy) is 10. The Labute approximate surface area is 341 Å². The molecule has 7 aliphatic rings. The van der Waals surface area contributed by atoms with Gasteiger partial charge in [-0.25, -0.2) is 0 Å². The van der Waals surface area contributed by atoms with Crippen LogP contribution in [0.4, 0.5) is 0 Å². The summed E-state index contributed by atoms with van der Waals surface area (Å²) in [5.74, 6) is -1.48. The van der Waals surface area contributed by atoms with E-state index in [1.54, 1.807) is 0 Å². The Hall–Kier alpha value is -1.94. The normalized spacial score (nSPS) is 51.1. The molecule has 0 aromatic heterocycles. The van der Waals surface area contributed by atoms with Gasteiger partial charge >= 0.3 is 0 Å². The van der Waals surface area contributed by atoms with Crippen molar-refractivity contribution in [1.82, 2.24) is 10.6 Å². The van der Waals surface area contributed by atoms with Crippen LogP contribution in [-0.4, -0.2) is 253 Å². The molecule has 7 aliphatic heterocycles. The van der Waals surface area contributed by atoms with E-state index in [9.17, 15) is 70.9 Å². The molecular weight excluding hydrogens is 820 g/mol. The Morgan fingerprint density at radius 1 is 0.483 bits per heavy atom. The zero-order valence-electron chi connectivity index (χ0n) is 32.5. The number of carbonyl (C=O) groups is 2. The highest BCUT2D eigenvalue weighted by atomic mass is 16.8. The third kappa shape index (κ3) is 9.60. The zero-order chi connectivity index (χ0) is 43.9. The lowest BCUT2D eigenvalue weighted by atomic mass is 9.94. The summed E-state index contributed by atoms with van der Waals surface area (Å²) in [5, 5.41) is 134. The summed E-state index contributed by atoms with van der Waals surface area (Å²) in [6, 6.07) is -3.16. The van der Waals surface area contributed by atoms with Gasteiger partial charge in [-0.15, -0.1) is 0 Å². The van der Waals surface area contributed by atoms with E-state index in [2.05, 4.69) is 10.6 Å². The van der Waals surface area contributed by atoms with Crippen LogP contribution in [0.2, 0.25) is 0 Å². The van der Waals surface area contributed by atoms with E-state index in [0.717, 1.165) is 13.8 Å². The minimum Gasteiger partial charge on any atom is -0.394 e. The highest BCUT2D eigenvalue weighted by molar-refractivity contribution is 5.73. The van der Waals surface area contributed by atoms with Gasteiger partial charge in [0.15, 0.2) is 31.5 Å². The lowest BCUT2D eigenvalue weighted by Crippen LogP contribution is -2.70. The van der Waals surface area contributed by atoms with Crippen LogP contribution in [0.1, 0.15) is 20.8 Å². The van der Waals surface area contributed by atoms with Gasteiger partial charge in [-0.1, -0.05) is 0 Å². The summed E-state index contributed by atoms with van der Waals surface area (Å²) >= 11 is 0. The van der Waals surface area contributed by atoms with Crippen molar-refractivity contribution in [3.63, 3.8) is 0 Å². The fourth-order valence-electron chi connectivity index (χ4n) is 8.07. The van der Waals surface area contributed by atoms with E-state index in [0.29, 0.717) is 0 Å². The maximum absolute atomic E-state index is 12.8. The molecule has 2 amide bonds. The SMILES string of the molecule is CC(=O)N[C@H]1[C@H]2O[C@H]3[C@@H](O)[C@@H](CO)O[C@@H](O[C@H]4[C@H](O[C@@H]5O[C@@H](C)[C@H](O)[C@@H](O)[C@H]5O)[C@@H](O)[C@@H](O[C@H]1[C@@H](O)[C@@H](CO)O2)O[C@@H]4CO[C@H]1O[C@H](CO)[C@@H](O)[C@H](O)[C@H]1O)[C@@H]3NC(C)=O. The largest absolute Gasteiger partial charge is 0.394 e. The van der Waals surface area contributed by atoms with Crippen LogP contribution in [0.25, 0.3) is 0 Å². The van der Waals surface area contributed by atoms with Crippen LogP contribution in [0.5, 0.6) is 0 Å². The maximum Gasteiger partial charge on any atom is 0.217 e. The number of hydrogen-bond acceptors (Lipinski definition) is 24. The molecule has 26 heteroatoms. The second-order valence-electron chi connectivity index (χ2n) is 15.5. The van der Waals surface area contributed by atoms with Crippen LogP contribution in [0.3, 0.4) is 0 Å². The molecule has 0 aromatic carbocycles. The number of carbonyl (C=O) groups excluding carboxylic acids is 2. The molecule has 0 unspecified atom stereocenters. The number of fused-ring (bicyclic) bond motifs is 2. The van der Waals surface area contributed by atoms with Gasteiger partial charge in [0.25, 0.3) is 0 Å². The van der Waals surface area contributed by atoms with Crippen LogP contribution >= 0.6 is 0 Å². The molecule has 7 fully saturated rings. The minimum absolute atomic E-state index is 0.736. The molecule has 14 N–H and O–H groups in total. The summed E-state index contributed by atoms with van der Waals surface area (Å²) in [5.41, 5.74) is 0. The van der Waals surface area contributed by atoms with Crippen molar-refractivity contribution in [3.05, 3.63) is 0 Å². The smallest absolute Gasteiger partial charge is 0.217 e. The van der Waals surface area contributed by atoms with Crippen molar-refractivity contribution in [1.29, 1.82) is 0 Å². The Morgan fingerprint density at radius 2 is 0.933 bits per heavy atom. The fourth-order valence-corrected chi connectivity index (χ4v) is 8.07. The number of hydrogen-bond donors (Lipinski definition) is 14. The van der Waals surface area contributed by atoms with Gasteiger partial charge in [0, 0.05) is 13.8 Å². The summed E-state index contributed by atoms with van der Waals surface area (Å²) < 4.78 is 59.9. The number of aliphatic hydroxyl groups excluding tert-OH is 12. The van der Waals surface area contributed by atoms with Gasteiger partial charge in [0.1, 0.15) is 116 Å². The summed E-state index contributed by atoms with van der Waals surface area (Å²) in [6.07, 6.45) is -40.3. The molecule has 0 spiro atoms. The molecule has 7 saturated heterocycles. The second-order valence-corrected chi connectivity index (χ2v) is 15.5. The number of amides is 2. The predicted octanol–water partition coefficient (Wildman–Crippen LogP) is -9.56. The Morgan fingerprint density at radius 3 is 1.45 bits per heavy atom. The predicted molar refractivity (Wildman–Crippen MR) is 185 cm³/mol. The number of aliphatic hydroxyl groups is 12. The standard InChI is InChI=1S/C34H56N2O24/c1-8-17(42)21(46)24(49)33(52-8)60-29-25(50)34-56-14(7-51-32-23(48)22(47)18(43)11(4-37)55-32)26(29)57-30-15(35-9(2)40)27(19(44)12(5-38)53-30)58-31-16(36-10(3)41)28(59-34)20(45)13(6-39)54-31/h8,11-34,37-39,42-50H,4-7H2,1-3H3,(H,35,40)(H,36,41)/t8-,11+,12+,13+,14+,15+,16+,17-,18+,19-,20-,21+,22-,23+,24+,25+,26+,27+,28+,29+,30-,31+,32-,33-,34+/m0/s1. The molecule has 0 aromatic rings.